The van der Waals surface area contributed by atoms with E-state index in [1.165, 1.54) is 60.7 Å². The number of halogens is 3. The van der Waals surface area contributed by atoms with Gasteiger partial charge in [0, 0.05) is 21.3 Å². The molecule has 3 aromatic carbocycles. The van der Waals surface area contributed by atoms with Crippen molar-refractivity contribution in [3.8, 4) is 0 Å². The number of anilines is 3. The zero-order valence-corrected chi connectivity index (χ0v) is 20.7. The molecule has 0 saturated carbocycles. The molecule has 13 heteroatoms. The van der Waals surface area contributed by atoms with Crippen molar-refractivity contribution < 1.29 is 21.6 Å². The number of benzene rings is 3. The first kappa shape index (κ1) is 25.1. The Morgan fingerprint density at radius 1 is 0.758 bits per heavy atom. The maximum Gasteiger partial charge on any atom is 0.261 e. The van der Waals surface area contributed by atoms with Crippen LogP contribution in [0.5, 0.6) is 0 Å². The zero-order chi connectivity index (χ0) is 24.4. The molecule has 1 amide bonds. The number of hydrogen-bond donors (Lipinski definition) is 3. The normalized spacial score (nSPS) is 11.6. The zero-order valence-electron chi connectivity index (χ0n) is 16.8. The van der Waals surface area contributed by atoms with Crippen molar-refractivity contribution in [1.82, 2.24) is 0 Å². The summed E-state index contributed by atoms with van der Waals surface area (Å²) >= 11 is 17.8. The molecule has 0 atom stereocenters. The molecule has 0 radical (unpaired) electrons. The summed E-state index contributed by atoms with van der Waals surface area (Å²) in [6, 6.07) is 13.8. The van der Waals surface area contributed by atoms with E-state index in [0.717, 1.165) is 6.26 Å². The maximum absolute atomic E-state index is 12.6. The summed E-state index contributed by atoms with van der Waals surface area (Å²) in [7, 11) is -7.45. The number of carbonyl (C=O) groups excluding carboxylic acids is 1. The van der Waals surface area contributed by atoms with Crippen LogP contribution in [0.3, 0.4) is 0 Å². The lowest BCUT2D eigenvalue weighted by atomic mass is 10.2. The SMILES string of the molecule is CS(=O)(=O)Nc1ccc(C(=O)Nc2ccc(S(=O)(=O)Nc3cc(Cl)cc(Cl)c3)cc2)cc1Cl. The molecule has 0 fully saturated rings. The van der Waals surface area contributed by atoms with Crippen LogP contribution in [0.1, 0.15) is 10.4 Å². The first-order valence-electron chi connectivity index (χ1n) is 9.00. The number of rotatable bonds is 7. The highest BCUT2D eigenvalue weighted by atomic mass is 35.5. The van der Waals surface area contributed by atoms with E-state index in [-0.39, 0.29) is 36.9 Å². The van der Waals surface area contributed by atoms with Gasteiger partial charge in [-0.25, -0.2) is 16.8 Å². The van der Waals surface area contributed by atoms with Gasteiger partial charge in [-0.15, -0.1) is 0 Å². The van der Waals surface area contributed by atoms with Crippen molar-refractivity contribution >= 4 is 77.8 Å². The van der Waals surface area contributed by atoms with E-state index in [2.05, 4.69) is 14.8 Å². The van der Waals surface area contributed by atoms with Crippen molar-refractivity contribution in [1.29, 1.82) is 0 Å². The van der Waals surface area contributed by atoms with Crippen LogP contribution in [-0.2, 0) is 20.0 Å². The van der Waals surface area contributed by atoms with Gasteiger partial charge in [0.15, 0.2) is 0 Å². The molecule has 3 aromatic rings. The van der Waals surface area contributed by atoms with Crippen LogP contribution in [0.15, 0.2) is 65.6 Å². The predicted molar refractivity (Wildman–Crippen MR) is 132 cm³/mol. The van der Waals surface area contributed by atoms with Crippen LogP contribution in [0.2, 0.25) is 15.1 Å². The third kappa shape index (κ3) is 6.99. The van der Waals surface area contributed by atoms with Gasteiger partial charge in [0.2, 0.25) is 10.0 Å². The maximum atomic E-state index is 12.6. The standard InChI is InChI=1S/C20H16Cl3N3O5S2/c1-32(28,29)26-19-7-2-12(8-18(19)23)20(27)24-15-3-5-17(6-4-15)33(30,31)25-16-10-13(21)9-14(22)11-16/h2-11,25-26H,1H3,(H,24,27). The van der Waals surface area contributed by atoms with E-state index in [9.17, 15) is 21.6 Å². The molecule has 0 aromatic heterocycles. The molecule has 0 saturated heterocycles. The van der Waals surface area contributed by atoms with Crippen LogP contribution in [0.4, 0.5) is 17.1 Å². The molecule has 0 spiro atoms. The van der Waals surface area contributed by atoms with Gasteiger partial charge >= 0.3 is 0 Å². The summed E-state index contributed by atoms with van der Waals surface area (Å²) in [6.45, 7) is 0. The molecule has 174 valence electrons. The van der Waals surface area contributed by atoms with Gasteiger partial charge in [0.25, 0.3) is 15.9 Å². The van der Waals surface area contributed by atoms with Crippen LogP contribution >= 0.6 is 34.8 Å². The van der Waals surface area contributed by atoms with Crippen molar-refractivity contribution in [2.45, 2.75) is 4.90 Å². The van der Waals surface area contributed by atoms with Crippen LogP contribution < -0.4 is 14.8 Å². The Balaban J connectivity index is 1.72. The molecule has 8 nitrogen and oxygen atoms in total. The summed E-state index contributed by atoms with van der Waals surface area (Å²) in [4.78, 5) is 12.4. The second-order valence-electron chi connectivity index (χ2n) is 6.81. The van der Waals surface area contributed by atoms with Gasteiger partial charge < -0.3 is 5.32 Å². The van der Waals surface area contributed by atoms with Crippen molar-refractivity contribution in [2.24, 2.45) is 0 Å². The van der Waals surface area contributed by atoms with Crippen LogP contribution in [0, 0.1) is 0 Å². The minimum Gasteiger partial charge on any atom is -0.322 e. The Kier molecular flexibility index (Phi) is 7.45. The highest BCUT2D eigenvalue weighted by Gasteiger charge is 2.16. The molecule has 0 aliphatic rings. The number of carbonyl (C=O) groups is 1. The van der Waals surface area contributed by atoms with Crippen LogP contribution in [-0.4, -0.2) is 29.0 Å². The average Bonchev–Trinajstić information content (AvgIpc) is 2.67. The van der Waals surface area contributed by atoms with Gasteiger partial charge in [0.05, 0.1) is 27.5 Å². The van der Waals surface area contributed by atoms with Crippen LogP contribution in [0.25, 0.3) is 0 Å². The lowest BCUT2D eigenvalue weighted by Crippen LogP contribution is -2.14. The van der Waals surface area contributed by atoms with Gasteiger partial charge in [-0.05, 0) is 60.7 Å². The van der Waals surface area contributed by atoms with E-state index in [4.69, 9.17) is 34.8 Å². The fourth-order valence-electron chi connectivity index (χ4n) is 2.69. The molecule has 3 rings (SSSR count). The predicted octanol–water partition coefficient (Wildman–Crippen LogP) is 5.07. The van der Waals surface area contributed by atoms with E-state index >= 15 is 0 Å². The third-order valence-electron chi connectivity index (χ3n) is 4.06. The second-order valence-corrected chi connectivity index (χ2v) is 11.5. The van der Waals surface area contributed by atoms with Gasteiger partial charge in [-0.3, -0.25) is 14.2 Å². The molecule has 3 N–H and O–H groups in total. The fourth-order valence-corrected chi connectivity index (χ4v) is 5.11. The van der Waals surface area contributed by atoms with Crippen molar-refractivity contribution in [3.63, 3.8) is 0 Å². The molecular formula is C20H16Cl3N3O5S2. The van der Waals surface area contributed by atoms with E-state index in [1.54, 1.807) is 0 Å². The molecule has 0 aliphatic carbocycles. The summed E-state index contributed by atoms with van der Waals surface area (Å²) in [5, 5.41) is 3.21. The van der Waals surface area contributed by atoms with Gasteiger partial charge in [0.1, 0.15) is 0 Å². The van der Waals surface area contributed by atoms with Gasteiger partial charge in [-0.1, -0.05) is 34.8 Å². The number of sulfonamides is 2. The van der Waals surface area contributed by atoms with Crippen molar-refractivity contribution in [2.75, 3.05) is 21.0 Å². The topological polar surface area (TPSA) is 121 Å². The number of nitrogens with one attached hydrogen (secondary N) is 3. The van der Waals surface area contributed by atoms with E-state index in [0.29, 0.717) is 5.69 Å². The number of amides is 1. The Morgan fingerprint density at radius 2 is 1.36 bits per heavy atom. The molecular weight excluding hydrogens is 533 g/mol. The highest BCUT2D eigenvalue weighted by molar-refractivity contribution is 7.92. The fraction of sp³-hybridized carbons (Fsp3) is 0.0500. The first-order chi connectivity index (χ1) is 15.3. The average molecular weight is 549 g/mol. The summed E-state index contributed by atoms with van der Waals surface area (Å²) in [5.41, 5.74) is 0.851. The third-order valence-corrected chi connectivity index (χ3v) is 6.80. The molecule has 0 aliphatic heterocycles. The molecule has 33 heavy (non-hydrogen) atoms. The minimum atomic E-state index is -3.92. The lowest BCUT2D eigenvalue weighted by Gasteiger charge is -2.11. The van der Waals surface area contributed by atoms with Gasteiger partial charge in [-0.2, -0.15) is 0 Å². The summed E-state index contributed by atoms with van der Waals surface area (Å²) in [5.74, 6) is -0.523. The Labute approximate surface area is 206 Å². The smallest absolute Gasteiger partial charge is 0.261 e. The summed E-state index contributed by atoms with van der Waals surface area (Å²) in [6.07, 6.45) is 0.980. The highest BCUT2D eigenvalue weighted by Crippen LogP contribution is 2.26. The lowest BCUT2D eigenvalue weighted by molar-refractivity contribution is 0.102. The first-order valence-corrected chi connectivity index (χ1v) is 13.5. The van der Waals surface area contributed by atoms with E-state index < -0.39 is 26.0 Å². The second kappa shape index (κ2) is 9.78. The molecule has 0 bridgehead atoms. The Morgan fingerprint density at radius 3 is 1.91 bits per heavy atom. The van der Waals surface area contributed by atoms with E-state index in [1.807, 2.05) is 0 Å². The Bertz CT molecular complexity index is 1410. The summed E-state index contributed by atoms with van der Waals surface area (Å²) < 4.78 is 52.5. The molecule has 0 heterocycles. The molecule has 0 unspecified atom stereocenters. The largest absolute Gasteiger partial charge is 0.322 e. The minimum absolute atomic E-state index is 0.0432. The number of hydrogen-bond acceptors (Lipinski definition) is 5. The monoisotopic (exact) mass is 547 g/mol. The quantitative estimate of drug-likeness (QED) is 0.380. The van der Waals surface area contributed by atoms with Crippen molar-refractivity contribution in [3.05, 3.63) is 81.3 Å². The Hall–Kier alpha value is -2.50.